The van der Waals surface area contributed by atoms with Gasteiger partial charge in [0.05, 0.1) is 12.7 Å². The van der Waals surface area contributed by atoms with E-state index in [0.29, 0.717) is 12.5 Å². The van der Waals surface area contributed by atoms with Gasteiger partial charge in [0.2, 0.25) is 0 Å². The van der Waals surface area contributed by atoms with Gasteiger partial charge in [0, 0.05) is 19.7 Å². The number of aliphatic hydroxyl groups is 1. The van der Waals surface area contributed by atoms with Gasteiger partial charge >= 0.3 is 6.03 Å². The largest absolute Gasteiger partial charge is 0.392 e. The Labute approximate surface area is 90.2 Å². The second-order valence-electron chi connectivity index (χ2n) is 4.02. The average Bonchev–Trinajstić information content (AvgIpc) is 2.25. The lowest BCUT2D eigenvalue weighted by Gasteiger charge is -2.22. The molecule has 0 bridgehead atoms. The van der Waals surface area contributed by atoms with Crippen LogP contribution in [0.3, 0.4) is 0 Å². The molecule has 1 aliphatic heterocycles. The summed E-state index contributed by atoms with van der Waals surface area (Å²) in [5, 5.41) is 14.3. The number of urea groups is 1. The van der Waals surface area contributed by atoms with Crippen molar-refractivity contribution < 1.29 is 14.6 Å². The Bertz CT molecular complexity index is 191. The SMILES string of the molecule is CC(O)CNC(=O)NCC1CCCOC1. The van der Waals surface area contributed by atoms with Crippen molar-refractivity contribution in [1.29, 1.82) is 0 Å². The number of hydrogen-bond acceptors (Lipinski definition) is 3. The second kappa shape index (κ2) is 6.63. The first-order valence-corrected chi connectivity index (χ1v) is 5.46. The maximum atomic E-state index is 11.2. The van der Waals surface area contributed by atoms with Gasteiger partial charge in [0.1, 0.15) is 0 Å². The fourth-order valence-electron chi connectivity index (χ4n) is 1.51. The minimum absolute atomic E-state index is 0.221. The maximum absolute atomic E-state index is 11.2. The van der Waals surface area contributed by atoms with Gasteiger partial charge in [0.15, 0.2) is 0 Å². The van der Waals surface area contributed by atoms with Crippen LogP contribution in [0, 0.1) is 5.92 Å². The van der Waals surface area contributed by atoms with Crippen molar-refractivity contribution in [2.75, 3.05) is 26.3 Å². The third kappa shape index (κ3) is 5.59. The highest BCUT2D eigenvalue weighted by Crippen LogP contribution is 2.11. The van der Waals surface area contributed by atoms with Crippen LogP contribution in [-0.4, -0.2) is 43.5 Å². The molecule has 1 fully saturated rings. The highest BCUT2D eigenvalue weighted by Gasteiger charge is 2.14. The normalized spacial score (nSPS) is 23.2. The molecule has 1 rings (SSSR count). The number of carbonyl (C=O) groups excluding carboxylic acids is 1. The molecule has 2 unspecified atom stereocenters. The Hall–Kier alpha value is -0.810. The van der Waals surface area contributed by atoms with Crippen LogP contribution in [0.15, 0.2) is 0 Å². The molecule has 2 atom stereocenters. The lowest BCUT2D eigenvalue weighted by molar-refractivity contribution is 0.0557. The van der Waals surface area contributed by atoms with Crippen molar-refractivity contribution >= 4 is 6.03 Å². The van der Waals surface area contributed by atoms with E-state index in [-0.39, 0.29) is 12.6 Å². The fraction of sp³-hybridized carbons (Fsp3) is 0.900. The Kier molecular flexibility index (Phi) is 5.42. The van der Waals surface area contributed by atoms with Gasteiger partial charge < -0.3 is 20.5 Å². The summed E-state index contributed by atoms with van der Waals surface area (Å²) >= 11 is 0. The molecule has 88 valence electrons. The predicted octanol–water partition coefficient (Wildman–Crippen LogP) is 0.0930. The zero-order valence-electron chi connectivity index (χ0n) is 9.16. The third-order valence-electron chi connectivity index (χ3n) is 2.36. The number of carbonyl (C=O) groups is 1. The van der Waals surface area contributed by atoms with Gasteiger partial charge in [-0.1, -0.05) is 0 Å². The molecule has 0 saturated carbocycles. The van der Waals surface area contributed by atoms with Crippen molar-refractivity contribution in [3.05, 3.63) is 0 Å². The van der Waals surface area contributed by atoms with Crippen LogP contribution in [0.1, 0.15) is 19.8 Å². The van der Waals surface area contributed by atoms with E-state index >= 15 is 0 Å². The monoisotopic (exact) mass is 216 g/mol. The van der Waals surface area contributed by atoms with E-state index in [1.165, 1.54) is 0 Å². The van der Waals surface area contributed by atoms with E-state index in [4.69, 9.17) is 9.84 Å². The number of rotatable bonds is 4. The Morgan fingerprint density at radius 1 is 1.60 bits per heavy atom. The molecule has 0 spiro atoms. The summed E-state index contributed by atoms with van der Waals surface area (Å²) in [5.74, 6) is 0.427. The van der Waals surface area contributed by atoms with Crippen LogP contribution >= 0.6 is 0 Å². The summed E-state index contributed by atoms with van der Waals surface area (Å²) in [7, 11) is 0. The summed E-state index contributed by atoms with van der Waals surface area (Å²) in [6, 6.07) is -0.221. The van der Waals surface area contributed by atoms with E-state index in [1.807, 2.05) is 0 Å². The molecule has 1 aliphatic rings. The molecule has 5 heteroatoms. The maximum Gasteiger partial charge on any atom is 0.314 e. The van der Waals surface area contributed by atoms with Crippen molar-refractivity contribution in [3.63, 3.8) is 0 Å². The zero-order chi connectivity index (χ0) is 11.1. The minimum Gasteiger partial charge on any atom is -0.392 e. The minimum atomic E-state index is -0.506. The summed E-state index contributed by atoms with van der Waals surface area (Å²) in [6.45, 7) is 4.13. The molecular formula is C10H20N2O3. The highest BCUT2D eigenvalue weighted by molar-refractivity contribution is 5.73. The smallest absolute Gasteiger partial charge is 0.314 e. The van der Waals surface area contributed by atoms with Crippen LogP contribution in [0.5, 0.6) is 0 Å². The topological polar surface area (TPSA) is 70.6 Å². The number of hydrogen-bond donors (Lipinski definition) is 3. The third-order valence-corrected chi connectivity index (χ3v) is 2.36. The summed E-state index contributed by atoms with van der Waals surface area (Å²) < 4.78 is 5.30. The summed E-state index contributed by atoms with van der Waals surface area (Å²) in [4.78, 5) is 11.2. The molecule has 15 heavy (non-hydrogen) atoms. The van der Waals surface area contributed by atoms with Crippen LogP contribution in [0.2, 0.25) is 0 Å². The van der Waals surface area contributed by atoms with Gasteiger partial charge in [-0.25, -0.2) is 4.79 Å². The van der Waals surface area contributed by atoms with Crippen LogP contribution < -0.4 is 10.6 Å². The lowest BCUT2D eigenvalue weighted by atomic mass is 10.0. The quantitative estimate of drug-likeness (QED) is 0.624. The van der Waals surface area contributed by atoms with Crippen molar-refractivity contribution in [1.82, 2.24) is 10.6 Å². The van der Waals surface area contributed by atoms with E-state index in [9.17, 15) is 4.79 Å². The number of nitrogens with one attached hydrogen (secondary N) is 2. The molecular weight excluding hydrogens is 196 g/mol. The van der Waals surface area contributed by atoms with Crippen LogP contribution in [0.25, 0.3) is 0 Å². The Balaban J connectivity index is 2.05. The number of ether oxygens (including phenoxy) is 1. The first kappa shape index (κ1) is 12.3. The van der Waals surface area contributed by atoms with E-state index in [2.05, 4.69) is 10.6 Å². The van der Waals surface area contributed by atoms with E-state index in [0.717, 1.165) is 26.1 Å². The van der Waals surface area contributed by atoms with Gasteiger partial charge in [-0.15, -0.1) is 0 Å². The van der Waals surface area contributed by atoms with E-state index < -0.39 is 6.10 Å². The summed E-state index contributed by atoms with van der Waals surface area (Å²) in [6.07, 6.45) is 1.67. The first-order valence-electron chi connectivity index (χ1n) is 5.46. The standard InChI is InChI=1S/C10H20N2O3/c1-8(13)5-11-10(14)12-6-9-3-2-4-15-7-9/h8-9,13H,2-7H2,1H3,(H2,11,12,14). The molecule has 0 aromatic carbocycles. The van der Waals surface area contributed by atoms with E-state index in [1.54, 1.807) is 6.92 Å². The molecule has 0 radical (unpaired) electrons. The molecule has 0 aromatic rings. The average molecular weight is 216 g/mol. The molecule has 0 aliphatic carbocycles. The Morgan fingerprint density at radius 2 is 2.40 bits per heavy atom. The van der Waals surface area contributed by atoms with Crippen molar-refractivity contribution in [2.24, 2.45) is 5.92 Å². The highest BCUT2D eigenvalue weighted by atomic mass is 16.5. The molecule has 2 amide bonds. The molecule has 1 saturated heterocycles. The Morgan fingerprint density at radius 3 is 3.00 bits per heavy atom. The summed E-state index contributed by atoms with van der Waals surface area (Å²) in [5.41, 5.74) is 0. The predicted molar refractivity (Wildman–Crippen MR) is 56.6 cm³/mol. The first-order chi connectivity index (χ1) is 7.18. The molecule has 5 nitrogen and oxygen atoms in total. The van der Waals surface area contributed by atoms with Crippen molar-refractivity contribution in [3.8, 4) is 0 Å². The second-order valence-corrected chi connectivity index (χ2v) is 4.02. The number of aliphatic hydroxyl groups excluding tert-OH is 1. The van der Waals surface area contributed by atoms with Gasteiger partial charge in [0.25, 0.3) is 0 Å². The van der Waals surface area contributed by atoms with Gasteiger partial charge in [-0.3, -0.25) is 0 Å². The van der Waals surface area contributed by atoms with Crippen molar-refractivity contribution in [2.45, 2.75) is 25.9 Å². The zero-order valence-corrected chi connectivity index (χ0v) is 9.16. The van der Waals surface area contributed by atoms with Crippen LogP contribution in [-0.2, 0) is 4.74 Å². The molecule has 0 aromatic heterocycles. The fourth-order valence-corrected chi connectivity index (χ4v) is 1.51. The van der Waals surface area contributed by atoms with Gasteiger partial charge in [-0.05, 0) is 25.7 Å². The lowest BCUT2D eigenvalue weighted by Crippen LogP contribution is -2.42. The van der Waals surface area contributed by atoms with Crippen LogP contribution in [0.4, 0.5) is 4.79 Å². The molecule has 3 N–H and O–H groups in total. The van der Waals surface area contributed by atoms with Gasteiger partial charge in [-0.2, -0.15) is 0 Å². The number of amides is 2. The molecule has 1 heterocycles.